The van der Waals surface area contributed by atoms with Gasteiger partial charge in [-0.25, -0.2) is 4.79 Å². The quantitative estimate of drug-likeness (QED) is 0.510. The van der Waals surface area contributed by atoms with E-state index in [0.717, 1.165) is 35.1 Å². The molecule has 35 heavy (non-hydrogen) atoms. The number of fused-ring (bicyclic) bond motifs is 3. The van der Waals surface area contributed by atoms with Crippen LogP contribution in [0.2, 0.25) is 0 Å². The number of hydrogen-bond acceptors (Lipinski definition) is 4. The topological polar surface area (TPSA) is 105 Å². The number of benzene rings is 2. The Morgan fingerprint density at radius 1 is 0.971 bits per heavy atom. The number of carboxylic acid groups (broad SMARTS) is 1. The Morgan fingerprint density at radius 2 is 1.57 bits per heavy atom. The van der Waals surface area contributed by atoms with Crippen molar-refractivity contribution >= 4 is 18.0 Å². The van der Waals surface area contributed by atoms with Crippen LogP contribution < -0.4 is 10.6 Å². The molecule has 2 amide bonds. The lowest BCUT2D eigenvalue weighted by atomic mass is 9.84. The van der Waals surface area contributed by atoms with E-state index < -0.39 is 30.1 Å². The second-order valence-electron chi connectivity index (χ2n) is 10.00. The van der Waals surface area contributed by atoms with E-state index in [9.17, 15) is 19.5 Å². The van der Waals surface area contributed by atoms with Gasteiger partial charge in [0.2, 0.25) is 5.91 Å². The fraction of sp³-hybridized carbons (Fsp3) is 0.464. The van der Waals surface area contributed by atoms with Gasteiger partial charge >= 0.3 is 12.1 Å². The summed E-state index contributed by atoms with van der Waals surface area (Å²) in [6, 6.07) is 15.0. The van der Waals surface area contributed by atoms with Gasteiger partial charge in [0.05, 0.1) is 5.92 Å². The second kappa shape index (κ2) is 10.9. The van der Waals surface area contributed by atoms with Crippen LogP contribution in [-0.2, 0) is 14.3 Å². The number of rotatable bonds is 8. The molecular weight excluding hydrogens is 444 g/mol. The third-order valence-corrected chi connectivity index (χ3v) is 7.07. The first-order chi connectivity index (χ1) is 16.8. The number of aliphatic carboxylic acids is 1. The predicted octanol–water partition coefficient (Wildman–Crippen LogP) is 4.70. The second-order valence-corrected chi connectivity index (χ2v) is 10.00. The number of alkyl carbamates (subject to hydrolysis) is 1. The molecule has 0 aliphatic heterocycles. The molecule has 2 aromatic rings. The Balaban J connectivity index is 1.40. The van der Waals surface area contributed by atoms with Crippen LogP contribution in [0.5, 0.6) is 0 Å². The molecule has 0 aromatic heterocycles. The zero-order valence-corrected chi connectivity index (χ0v) is 20.3. The summed E-state index contributed by atoms with van der Waals surface area (Å²) in [6.07, 6.45) is 2.68. The summed E-state index contributed by atoms with van der Waals surface area (Å²) < 4.78 is 5.63. The number of carbonyl (C=O) groups excluding carboxylic acids is 2. The van der Waals surface area contributed by atoms with Crippen LogP contribution in [0.1, 0.15) is 63.0 Å². The van der Waals surface area contributed by atoms with Crippen molar-refractivity contribution in [1.29, 1.82) is 0 Å². The van der Waals surface area contributed by atoms with E-state index in [1.807, 2.05) is 38.1 Å². The molecule has 2 aromatic carbocycles. The van der Waals surface area contributed by atoms with Gasteiger partial charge in [-0.3, -0.25) is 9.59 Å². The average Bonchev–Trinajstić information content (AvgIpc) is 3.16. The lowest BCUT2D eigenvalue weighted by Gasteiger charge is -2.31. The summed E-state index contributed by atoms with van der Waals surface area (Å²) in [7, 11) is 0. The van der Waals surface area contributed by atoms with Gasteiger partial charge in [0.15, 0.2) is 0 Å². The summed E-state index contributed by atoms with van der Waals surface area (Å²) in [4.78, 5) is 37.5. The molecule has 186 valence electrons. The number of carbonyl (C=O) groups is 3. The van der Waals surface area contributed by atoms with Gasteiger partial charge in [-0.2, -0.15) is 0 Å². The molecular formula is C28H34N2O5. The molecule has 1 fully saturated rings. The molecule has 2 aliphatic carbocycles. The highest BCUT2D eigenvalue weighted by molar-refractivity contribution is 5.86. The molecule has 0 bridgehead atoms. The Hall–Kier alpha value is -3.35. The molecule has 7 nitrogen and oxygen atoms in total. The van der Waals surface area contributed by atoms with Crippen LogP contribution in [-0.4, -0.2) is 41.8 Å². The Morgan fingerprint density at radius 3 is 2.17 bits per heavy atom. The molecule has 7 heteroatoms. The van der Waals surface area contributed by atoms with Crippen molar-refractivity contribution in [2.45, 2.75) is 64.0 Å². The standard InChI is InChI=1S/C28H34N2O5/c1-17(2)15-25(26(31)29-24-14-8-7-13-22(24)27(32)33)30-28(34)35-16-23-20-11-5-3-9-18(20)19-10-4-6-12-21(19)23/h3-6,9-12,17,22-25H,7-8,13-16H2,1-2H3,(H,29,31)(H,30,34)(H,32,33)/t22?,24?,25-/m1/s1. The third kappa shape index (κ3) is 5.66. The van der Waals surface area contributed by atoms with Gasteiger partial charge in [-0.15, -0.1) is 0 Å². The normalized spacial score (nSPS) is 20.0. The molecule has 2 aliphatic rings. The number of carboxylic acids is 1. The summed E-state index contributed by atoms with van der Waals surface area (Å²) in [5, 5.41) is 15.2. The maximum absolute atomic E-state index is 13.1. The zero-order valence-electron chi connectivity index (χ0n) is 20.3. The molecule has 2 unspecified atom stereocenters. The van der Waals surface area contributed by atoms with Crippen molar-refractivity contribution in [1.82, 2.24) is 10.6 Å². The Bertz CT molecular complexity index is 1040. The molecule has 0 spiro atoms. The van der Waals surface area contributed by atoms with E-state index in [1.165, 1.54) is 0 Å². The van der Waals surface area contributed by atoms with Crippen molar-refractivity contribution in [2.24, 2.45) is 11.8 Å². The van der Waals surface area contributed by atoms with Gasteiger partial charge in [0.25, 0.3) is 0 Å². The summed E-state index contributed by atoms with van der Waals surface area (Å²) in [5.41, 5.74) is 4.54. The molecule has 0 saturated heterocycles. The molecule has 3 N–H and O–H groups in total. The van der Waals surface area contributed by atoms with Crippen molar-refractivity contribution in [3.05, 3.63) is 59.7 Å². The van der Waals surface area contributed by atoms with E-state index in [0.29, 0.717) is 19.3 Å². The first-order valence-corrected chi connectivity index (χ1v) is 12.5. The van der Waals surface area contributed by atoms with E-state index in [2.05, 4.69) is 34.9 Å². The van der Waals surface area contributed by atoms with E-state index in [-0.39, 0.29) is 24.3 Å². The van der Waals surface area contributed by atoms with Crippen LogP contribution in [0.3, 0.4) is 0 Å². The van der Waals surface area contributed by atoms with Gasteiger partial charge < -0.3 is 20.5 Å². The molecule has 0 radical (unpaired) electrons. The highest BCUT2D eigenvalue weighted by Gasteiger charge is 2.34. The summed E-state index contributed by atoms with van der Waals surface area (Å²) >= 11 is 0. The van der Waals surface area contributed by atoms with Crippen LogP contribution >= 0.6 is 0 Å². The van der Waals surface area contributed by atoms with Gasteiger partial charge in [-0.05, 0) is 47.4 Å². The van der Waals surface area contributed by atoms with Crippen LogP contribution in [0.4, 0.5) is 4.79 Å². The van der Waals surface area contributed by atoms with Crippen molar-refractivity contribution in [3.63, 3.8) is 0 Å². The first kappa shape index (κ1) is 24.8. The molecule has 3 atom stereocenters. The van der Waals surface area contributed by atoms with Crippen molar-refractivity contribution in [2.75, 3.05) is 6.61 Å². The first-order valence-electron chi connectivity index (χ1n) is 12.5. The highest BCUT2D eigenvalue weighted by Crippen LogP contribution is 2.44. The van der Waals surface area contributed by atoms with Crippen LogP contribution in [0.25, 0.3) is 11.1 Å². The van der Waals surface area contributed by atoms with E-state index in [4.69, 9.17) is 4.74 Å². The van der Waals surface area contributed by atoms with E-state index in [1.54, 1.807) is 0 Å². The average molecular weight is 479 g/mol. The van der Waals surface area contributed by atoms with Gasteiger partial charge in [0, 0.05) is 12.0 Å². The minimum atomic E-state index is -0.889. The SMILES string of the molecule is CC(C)C[C@@H](NC(=O)OCC1c2ccccc2-c2ccccc21)C(=O)NC1CCCCC1C(=O)O. The zero-order chi connectivity index (χ0) is 24.9. The molecule has 0 heterocycles. The monoisotopic (exact) mass is 478 g/mol. The highest BCUT2D eigenvalue weighted by atomic mass is 16.5. The lowest BCUT2D eigenvalue weighted by Crippen LogP contribution is -2.53. The maximum atomic E-state index is 13.1. The summed E-state index contributed by atoms with van der Waals surface area (Å²) in [6.45, 7) is 4.11. The number of ether oxygens (including phenoxy) is 1. The minimum absolute atomic E-state index is 0.0657. The van der Waals surface area contributed by atoms with Gasteiger partial charge in [0.1, 0.15) is 12.6 Å². The van der Waals surface area contributed by atoms with Gasteiger partial charge in [-0.1, -0.05) is 75.2 Å². The Kier molecular flexibility index (Phi) is 7.73. The van der Waals surface area contributed by atoms with Crippen molar-refractivity contribution < 1.29 is 24.2 Å². The third-order valence-electron chi connectivity index (χ3n) is 7.07. The smallest absolute Gasteiger partial charge is 0.407 e. The minimum Gasteiger partial charge on any atom is -0.481 e. The maximum Gasteiger partial charge on any atom is 0.407 e. The number of nitrogens with one attached hydrogen (secondary N) is 2. The summed E-state index contributed by atoms with van der Waals surface area (Å²) in [5.74, 6) is -1.75. The predicted molar refractivity (Wildman–Crippen MR) is 133 cm³/mol. The lowest BCUT2D eigenvalue weighted by molar-refractivity contribution is -0.144. The fourth-order valence-electron chi connectivity index (χ4n) is 5.37. The Labute approximate surface area is 206 Å². The molecule has 1 saturated carbocycles. The van der Waals surface area contributed by atoms with Crippen LogP contribution in [0.15, 0.2) is 48.5 Å². The van der Waals surface area contributed by atoms with Crippen LogP contribution in [0, 0.1) is 11.8 Å². The van der Waals surface area contributed by atoms with E-state index >= 15 is 0 Å². The molecule has 4 rings (SSSR count). The number of hydrogen-bond donors (Lipinski definition) is 3. The number of amides is 2. The van der Waals surface area contributed by atoms with Crippen molar-refractivity contribution in [3.8, 4) is 11.1 Å². The largest absolute Gasteiger partial charge is 0.481 e. The fourth-order valence-corrected chi connectivity index (χ4v) is 5.37.